The van der Waals surface area contributed by atoms with Crippen LogP contribution >= 0.6 is 0 Å². The molecule has 116 valence electrons. The number of halogens is 1. The molecule has 1 saturated heterocycles. The van der Waals surface area contributed by atoms with Crippen LogP contribution in [0, 0.1) is 11.2 Å². The Kier molecular flexibility index (Phi) is 4.21. The maximum atomic E-state index is 14.0. The molecule has 2 fully saturated rings. The molecule has 21 heavy (non-hydrogen) atoms. The Labute approximate surface area is 127 Å². The summed E-state index contributed by atoms with van der Waals surface area (Å²) in [5, 5.41) is 9.89. The molecule has 1 unspecified atom stereocenters. The third kappa shape index (κ3) is 2.94. The van der Waals surface area contributed by atoms with Gasteiger partial charge in [0.1, 0.15) is 5.82 Å². The zero-order chi connectivity index (χ0) is 14.9. The first-order valence-electron chi connectivity index (χ1n) is 8.33. The van der Waals surface area contributed by atoms with Crippen molar-refractivity contribution in [3.05, 3.63) is 29.6 Å². The number of aliphatic hydroxyl groups is 1. The maximum absolute atomic E-state index is 14.0. The lowest BCUT2D eigenvalue weighted by Crippen LogP contribution is -2.41. The summed E-state index contributed by atoms with van der Waals surface area (Å²) in [6.45, 7) is 3.63. The number of hydrogen-bond acceptors (Lipinski definition) is 2. The second kappa shape index (κ2) is 5.96. The lowest BCUT2D eigenvalue weighted by Gasteiger charge is -2.45. The van der Waals surface area contributed by atoms with Crippen molar-refractivity contribution in [2.75, 3.05) is 18.0 Å². The first kappa shape index (κ1) is 14.8. The Balaban J connectivity index is 1.76. The van der Waals surface area contributed by atoms with Gasteiger partial charge in [0, 0.05) is 24.3 Å². The normalized spacial score (nSPS) is 23.3. The first-order chi connectivity index (χ1) is 10.1. The smallest absolute Gasteiger partial charge is 0.131 e. The Morgan fingerprint density at radius 2 is 1.76 bits per heavy atom. The van der Waals surface area contributed by atoms with Crippen molar-refractivity contribution in [2.45, 2.75) is 58.0 Å². The number of anilines is 1. The monoisotopic (exact) mass is 291 g/mol. The van der Waals surface area contributed by atoms with Crippen LogP contribution in [-0.4, -0.2) is 18.2 Å². The van der Waals surface area contributed by atoms with Crippen molar-refractivity contribution < 1.29 is 9.50 Å². The minimum atomic E-state index is -0.758. The molecule has 1 saturated carbocycles. The third-order valence-corrected chi connectivity index (χ3v) is 5.53. The van der Waals surface area contributed by atoms with Crippen LogP contribution in [0.25, 0.3) is 0 Å². The average Bonchev–Trinajstić information content (AvgIpc) is 2.48. The molecule has 0 bridgehead atoms. The molecule has 0 aromatic heterocycles. The molecule has 1 atom stereocenters. The molecule has 1 aliphatic heterocycles. The van der Waals surface area contributed by atoms with Gasteiger partial charge in [-0.25, -0.2) is 4.39 Å². The third-order valence-electron chi connectivity index (χ3n) is 5.53. The van der Waals surface area contributed by atoms with E-state index in [1.165, 1.54) is 51.0 Å². The predicted molar refractivity (Wildman–Crippen MR) is 84.0 cm³/mol. The predicted octanol–water partition coefficient (Wildman–Crippen LogP) is 4.43. The van der Waals surface area contributed by atoms with Crippen molar-refractivity contribution in [2.24, 2.45) is 5.41 Å². The molecule has 1 N–H and O–H groups in total. The molecule has 3 heteroatoms. The quantitative estimate of drug-likeness (QED) is 0.871. The molecule has 1 aromatic carbocycles. The standard InChI is InChI=1S/C18H26FNO/c1-14(21)17-15(19)6-5-7-16(17)20-12-10-18(11-13-20)8-3-2-4-9-18/h5-7,14,21H,2-4,8-13H2,1H3. The summed E-state index contributed by atoms with van der Waals surface area (Å²) in [5.41, 5.74) is 1.89. The Bertz CT molecular complexity index is 484. The Morgan fingerprint density at radius 3 is 2.38 bits per heavy atom. The summed E-state index contributed by atoms with van der Waals surface area (Å²) < 4.78 is 14.0. The van der Waals surface area contributed by atoms with Crippen molar-refractivity contribution in [3.63, 3.8) is 0 Å². The largest absolute Gasteiger partial charge is 0.389 e. The van der Waals surface area contributed by atoms with Crippen molar-refractivity contribution >= 4 is 5.69 Å². The number of aliphatic hydroxyl groups excluding tert-OH is 1. The van der Waals surface area contributed by atoms with Gasteiger partial charge in [-0.05, 0) is 50.2 Å². The molecule has 1 heterocycles. The second-order valence-corrected chi connectivity index (χ2v) is 6.90. The highest BCUT2D eigenvalue weighted by Crippen LogP contribution is 2.45. The highest BCUT2D eigenvalue weighted by molar-refractivity contribution is 5.55. The van der Waals surface area contributed by atoms with E-state index in [1.807, 2.05) is 6.07 Å². The molecule has 2 aliphatic rings. The van der Waals surface area contributed by atoms with Crippen molar-refractivity contribution in [1.82, 2.24) is 0 Å². The van der Waals surface area contributed by atoms with E-state index in [2.05, 4.69) is 4.90 Å². The molecular formula is C18H26FNO. The minimum absolute atomic E-state index is 0.291. The van der Waals surface area contributed by atoms with Crippen LogP contribution < -0.4 is 4.90 Å². The number of rotatable bonds is 2. The number of hydrogen-bond donors (Lipinski definition) is 1. The average molecular weight is 291 g/mol. The summed E-state index contributed by atoms with van der Waals surface area (Å²) in [6.07, 6.45) is 8.54. The van der Waals surface area contributed by atoms with Gasteiger partial charge in [0.2, 0.25) is 0 Å². The highest BCUT2D eigenvalue weighted by Gasteiger charge is 2.36. The summed E-state index contributed by atoms with van der Waals surface area (Å²) in [5.74, 6) is -0.291. The van der Waals surface area contributed by atoms with Gasteiger partial charge in [-0.15, -0.1) is 0 Å². The van der Waals surface area contributed by atoms with Crippen LogP contribution in [-0.2, 0) is 0 Å². The second-order valence-electron chi connectivity index (χ2n) is 6.90. The Morgan fingerprint density at radius 1 is 1.10 bits per heavy atom. The fourth-order valence-corrected chi connectivity index (χ4v) is 4.24. The lowest BCUT2D eigenvalue weighted by molar-refractivity contribution is 0.143. The molecule has 2 nitrogen and oxygen atoms in total. The van der Waals surface area contributed by atoms with Gasteiger partial charge >= 0.3 is 0 Å². The molecule has 3 rings (SSSR count). The SMILES string of the molecule is CC(O)c1c(F)cccc1N1CCC2(CCCCC2)CC1. The van der Waals surface area contributed by atoms with Gasteiger partial charge in [0.25, 0.3) is 0 Å². The van der Waals surface area contributed by atoms with Crippen LogP contribution in [0.4, 0.5) is 10.1 Å². The van der Waals surface area contributed by atoms with Crippen molar-refractivity contribution in [3.8, 4) is 0 Å². The van der Waals surface area contributed by atoms with Crippen LogP contribution in [0.15, 0.2) is 18.2 Å². The maximum Gasteiger partial charge on any atom is 0.131 e. The zero-order valence-electron chi connectivity index (χ0n) is 12.9. The summed E-state index contributed by atoms with van der Waals surface area (Å²) in [4.78, 5) is 2.27. The van der Waals surface area contributed by atoms with Crippen LogP contribution in [0.3, 0.4) is 0 Å². The lowest BCUT2D eigenvalue weighted by atomic mass is 9.68. The number of nitrogens with zero attached hydrogens (tertiary/aromatic N) is 1. The molecule has 1 spiro atoms. The fraction of sp³-hybridized carbons (Fsp3) is 0.667. The van der Waals surface area contributed by atoms with E-state index in [0.29, 0.717) is 11.0 Å². The van der Waals surface area contributed by atoms with Gasteiger partial charge in [-0.2, -0.15) is 0 Å². The van der Waals surface area contributed by atoms with Gasteiger partial charge in [0.15, 0.2) is 0 Å². The van der Waals surface area contributed by atoms with Crippen LogP contribution in [0.1, 0.15) is 63.5 Å². The van der Waals surface area contributed by atoms with E-state index >= 15 is 0 Å². The zero-order valence-corrected chi connectivity index (χ0v) is 12.9. The number of piperidine rings is 1. The molecule has 0 radical (unpaired) electrons. The van der Waals surface area contributed by atoms with Gasteiger partial charge in [-0.3, -0.25) is 0 Å². The van der Waals surface area contributed by atoms with E-state index in [9.17, 15) is 9.50 Å². The molecule has 1 aromatic rings. The number of benzene rings is 1. The molecular weight excluding hydrogens is 265 g/mol. The fourth-order valence-electron chi connectivity index (χ4n) is 4.24. The Hall–Kier alpha value is -1.09. The minimum Gasteiger partial charge on any atom is -0.389 e. The highest BCUT2D eigenvalue weighted by atomic mass is 19.1. The van der Waals surface area contributed by atoms with E-state index < -0.39 is 6.10 Å². The van der Waals surface area contributed by atoms with E-state index in [-0.39, 0.29) is 5.82 Å². The van der Waals surface area contributed by atoms with Gasteiger partial charge in [0.05, 0.1) is 6.10 Å². The van der Waals surface area contributed by atoms with Gasteiger partial charge < -0.3 is 10.0 Å². The van der Waals surface area contributed by atoms with Crippen LogP contribution in [0.5, 0.6) is 0 Å². The first-order valence-corrected chi connectivity index (χ1v) is 8.33. The van der Waals surface area contributed by atoms with E-state index in [0.717, 1.165) is 18.8 Å². The van der Waals surface area contributed by atoms with Crippen molar-refractivity contribution in [1.29, 1.82) is 0 Å². The molecule has 1 aliphatic carbocycles. The van der Waals surface area contributed by atoms with E-state index in [1.54, 1.807) is 13.0 Å². The summed E-state index contributed by atoms with van der Waals surface area (Å²) in [7, 11) is 0. The topological polar surface area (TPSA) is 23.5 Å². The summed E-state index contributed by atoms with van der Waals surface area (Å²) >= 11 is 0. The molecule has 0 amide bonds. The van der Waals surface area contributed by atoms with Crippen LogP contribution in [0.2, 0.25) is 0 Å². The van der Waals surface area contributed by atoms with Gasteiger partial charge in [-0.1, -0.05) is 25.3 Å². The van der Waals surface area contributed by atoms with E-state index in [4.69, 9.17) is 0 Å². The summed E-state index contributed by atoms with van der Waals surface area (Å²) in [6, 6.07) is 5.14.